The van der Waals surface area contributed by atoms with E-state index in [-0.39, 0.29) is 0 Å². The second-order valence-corrected chi connectivity index (χ2v) is 3.48. The lowest BCUT2D eigenvalue weighted by molar-refractivity contribution is 0.302. The molecule has 0 aliphatic heterocycles. The number of rotatable bonds is 2. The van der Waals surface area contributed by atoms with Gasteiger partial charge in [-0.15, -0.1) is 0 Å². The van der Waals surface area contributed by atoms with Crippen LogP contribution in [-0.4, -0.2) is 11.1 Å². The van der Waals surface area contributed by atoms with E-state index in [0.717, 1.165) is 18.5 Å². The number of aryl methyl sites for hydroxylation is 1. The average Bonchev–Trinajstić information content (AvgIpc) is 2.79. The van der Waals surface area contributed by atoms with E-state index < -0.39 is 0 Å². The van der Waals surface area contributed by atoms with Crippen molar-refractivity contribution < 1.29 is 4.74 Å². The summed E-state index contributed by atoms with van der Waals surface area (Å²) in [5.74, 6) is 0.713. The second kappa shape index (κ2) is 2.94. The molecule has 0 amide bonds. The number of pyridine rings is 1. The smallest absolute Gasteiger partial charge is 0.156 e. The fourth-order valence-electron chi connectivity index (χ4n) is 0.966. The predicted molar refractivity (Wildman–Crippen MR) is 47.6 cm³/mol. The van der Waals surface area contributed by atoms with Crippen molar-refractivity contribution in [2.24, 2.45) is 0 Å². The number of ether oxygens (including phenoxy) is 1. The molecule has 1 fully saturated rings. The van der Waals surface area contributed by atoms with Crippen LogP contribution in [0.5, 0.6) is 5.75 Å². The first-order chi connectivity index (χ1) is 5.75. The zero-order chi connectivity index (χ0) is 8.55. The SMILES string of the molecule is Cc1cc(Cl)c(OC2CC2)cn1. The Morgan fingerprint density at radius 3 is 2.92 bits per heavy atom. The van der Waals surface area contributed by atoms with Crippen LogP contribution in [-0.2, 0) is 0 Å². The lowest BCUT2D eigenvalue weighted by Gasteiger charge is -2.05. The fourth-order valence-corrected chi connectivity index (χ4v) is 1.22. The summed E-state index contributed by atoms with van der Waals surface area (Å²) in [6.45, 7) is 1.91. The van der Waals surface area contributed by atoms with Crippen LogP contribution in [0.15, 0.2) is 12.3 Å². The number of nitrogens with zero attached hydrogens (tertiary/aromatic N) is 1. The summed E-state index contributed by atoms with van der Waals surface area (Å²) in [5, 5.41) is 0.661. The minimum absolute atomic E-state index is 0.381. The monoisotopic (exact) mass is 183 g/mol. The Morgan fingerprint density at radius 1 is 1.58 bits per heavy atom. The van der Waals surface area contributed by atoms with Crippen LogP contribution in [0.3, 0.4) is 0 Å². The Hall–Kier alpha value is -0.760. The molecule has 3 heteroatoms. The van der Waals surface area contributed by atoms with E-state index in [9.17, 15) is 0 Å². The maximum atomic E-state index is 5.94. The highest BCUT2D eigenvalue weighted by molar-refractivity contribution is 6.32. The third-order valence-electron chi connectivity index (χ3n) is 1.77. The molecule has 0 atom stereocenters. The van der Waals surface area contributed by atoms with Crippen LogP contribution < -0.4 is 4.74 Å². The largest absolute Gasteiger partial charge is 0.487 e. The van der Waals surface area contributed by atoms with Crippen molar-refractivity contribution in [2.75, 3.05) is 0 Å². The molecule has 1 heterocycles. The molecular weight excluding hydrogens is 174 g/mol. The number of hydrogen-bond acceptors (Lipinski definition) is 2. The topological polar surface area (TPSA) is 22.1 Å². The first kappa shape index (κ1) is 7.87. The molecule has 0 saturated heterocycles. The quantitative estimate of drug-likeness (QED) is 0.703. The van der Waals surface area contributed by atoms with E-state index in [1.165, 1.54) is 0 Å². The molecule has 1 aromatic heterocycles. The lowest BCUT2D eigenvalue weighted by Crippen LogP contribution is -1.97. The van der Waals surface area contributed by atoms with Gasteiger partial charge in [0.2, 0.25) is 0 Å². The third kappa shape index (κ3) is 1.69. The van der Waals surface area contributed by atoms with Gasteiger partial charge in [0.1, 0.15) is 0 Å². The molecule has 0 aromatic carbocycles. The highest BCUT2D eigenvalue weighted by atomic mass is 35.5. The van der Waals surface area contributed by atoms with Crippen molar-refractivity contribution in [3.63, 3.8) is 0 Å². The Kier molecular flexibility index (Phi) is 1.93. The molecule has 1 aromatic rings. The maximum absolute atomic E-state index is 5.94. The summed E-state index contributed by atoms with van der Waals surface area (Å²) < 4.78 is 5.52. The summed E-state index contributed by atoms with van der Waals surface area (Å²) in [7, 11) is 0. The first-order valence-corrected chi connectivity index (χ1v) is 4.42. The van der Waals surface area contributed by atoms with Crippen LogP contribution in [0.4, 0.5) is 0 Å². The van der Waals surface area contributed by atoms with Crippen molar-refractivity contribution in [1.29, 1.82) is 0 Å². The van der Waals surface area contributed by atoms with E-state index >= 15 is 0 Å². The van der Waals surface area contributed by atoms with Gasteiger partial charge in [0.05, 0.1) is 17.3 Å². The molecule has 64 valence electrons. The molecule has 1 aliphatic carbocycles. The highest BCUT2D eigenvalue weighted by Crippen LogP contribution is 2.31. The standard InChI is InChI=1S/C9H10ClNO/c1-6-4-8(10)9(5-11-6)12-7-2-3-7/h4-5,7H,2-3H2,1H3. The van der Waals surface area contributed by atoms with E-state index in [1.54, 1.807) is 6.20 Å². The fraction of sp³-hybridized carbons (Fsp3) is 0.444. The van der Waals surface area contributed by atoms with E-state index in [2.05, 4.69) is 4.98 Å². The summed E-state index contributed by atoms with van der Waals surface area (Å²) >= 11 is 5.94. The molecular formula is C9H10ClNO. The van der Waals surface area contributed by atoms with Gasteiger partial charge in [0.15, 0.2) is 5.75 Å². The van der Waals surface area contributed by atoms with Crippen molar-refractivity contribution in [2.45, 2.75) is 25.9 Å². The lowest BCUT2D eigenvalue weighted by atomic mass is 10.4. The number of hydrogen-bond donors (Lipinski definition) is 0. The number of halogens is 1. The molecule has 0 radical (unpaired) electrons. The minimum atomic E-state index is 0.381. The van der Waals surface area contributed by atoms with E-state index in [0.29, 0.717) is 16.9 Å². The molecule has 0 bridgehead atoms. The molecule has 1 saturated carbocycles. The minimum Gasteiger partial charge on any atom is -0.487 e. The zero-order valence-corrected chi connectivity index (χ0v) is 7.64. The molecule has 0 N–H and O–H groups in total. The Bertz CT molecular complexity index is 297. The molecule has 1 aliphatic rings. The zero-order valence-electron chi connectivity index (χ0n) is 6.88. The van der Waals surface area contributed by atoms with Gasteiger partial charge in [0.25, 0.3) is 0 Å². The van der Waals surface area contributed by atoms with Crippen LogP contribution in [0, 0.1) is 6.92 Å². The molecule has 0 spiro atoms. The van der Waals surface area contributed by atoms with Crippen molar-refractivity contribution in [3.8, 4) is 5.75 Å². The van der Waals surface area contributed by atoms with Crippen LogP contribution >= 0.6 is 11.6 Å². The van der Waals surface area contributed by atoms with Gasteiger partial charge >= 0.3 is 0 Å². The maximum Gasteiger partial charge on any atom is 0.156 e. The van der Waals surface area contributed by atoms with Gasteiger partial charge in [-0.05, 0) is 25.8 Å². The predicted octanol–water partition coefficient (Wildman–Crippen LogP) is 2.58. The van der Waals surface area contributed by atoms with Gasteiger partial charge < -0.3 is 4.74 Å². The molecule has 2 rings (SSSR count). The molecule has 12 heavy (non-hydrogen) atoms. The normalized spacial score (nSPS) is 16.2. The van der Waals surface area contributed by atoms with Gasteiger partial charge in [-0.2, -0.15) is 0 Å². The van der Waals surface area contributed by atoms with Crippen LogP contribution in [0.2, 0.25) is 5.02 Å². The summed E-state index contributed by atoms with van der Waals surface area (Å²) in [6.07, 6.45) is 4.36. The molecule has 2 nitrogen and oxygen atoms in total. The summed E-state index contributed by atoms with van der Waals surface area (Å²) in [5.41, 5.74) is 0.920. The van der Waals surface area contributed by atoms with Crippen molar-refractivity contribution in [3.05, 3.63) is 23.0 Å². The molecule has 0 unspecified atom stereocenters. The first-order valence-electron chi connectivity index (χ1n) is 4.04. The van der Waals surface area contributed by atoms with E-state index in [4.69, 9.17) is 16.3 Å². The Morgan fingerprint density at radius 2 is 2.33 bits per heavy atom. The average molecular weight is 184 g/mol. The van der Waals surface area contributed by atoms with Crippen LogP contribution in [0.1, 0.15) is 18.5 Å². The Labute approximate surface area is 76.5 Å². The van der Waals surface area contributed by atoms with Gasteiger partial charge in [-0.3, -0.25) is 4.98 Å². The number of aromatic nitrogens is 1. The van der Waals surface area contributed by atoms with Gasteiger partial charge in [-0.25, -0.2) is 0 Å². The van der Waals surface area contributed by atoms with E-state index in [1.807, 2.05) is 13.0 Å². The second-order valence-electron chi connectivity index (χ2n) is 3.07. The van der Waals surface area contributed by atoms with Gasteiger partial charge in [-0.1, -0.05) is 11.6 Å². The highest BCUT2D eigenvalue weighted by Gasteiger charge is 2.24. The summed E-state index contributed by atoms with van der Waals surface area (Å²) in [4.78, 5) is 4.11. The summed E-state index contributed by atoms with van der Waals surface area (Å²) in [6, 6.07) is 1.82. The van der Waals surface area contributed by atoms with Crippen molar-refractivity contribution >= 4 is 11.6 Å². The van der Waals surface area contributed by atoms with Gasteiger partial charge in [0, 0.05) is 5.69 Å². The Balaban J connectivity index is 2.18. The van der Waals surface area contributed by atoms with Crippen LogP contribution in [0.25, 0.3) is 0 Å². The third-order valence-corrected chi connectivity index (χ3v) is 2.07. The van der Waals surface area contributed by atoms with Crippen molar-refractivity contribution in [1.82, 2.24) is 4.98 Å².